The highest BCUT2D eigenvalue weighted by molar-refractivity contribution is 9.10. The van der Waals surface area contributed by atoms with E-state index >= 15 is 0 Å². The molecule has 3 heteroatoms. The number of anilines is 1. The summed E-state index contributed by atoms with van der Waals surface area (Å²) in [5, 5.41) is 3.40. The van der Waals surface area contributed by atoms with Crippen LogP contribution in [-0.4, -0.2) is 26.2 Å². The Bertz CT molecular complexity index is 412. The Labute approximate surface area is 105 Å². The van der Waals surface area contributed by atoms with Crippen molar-refractivity contribution in [2.45, 2.75) is 13.3 Å². The lowest BCUT2D eigenvalue weighted by atomic mass is 9.81. The van der Waals surface area contributed by atoms with Crippen LogP contribution in [0, 0.1) is 12.3 Å². The third kappa shape index (κ3) is 1.66. The van der Waals surface area contributed by atoms with Crippen LogP contribution >= 0.6 is 15.9 Å². The molecule has 16 heavy (non-hydrogen) atoms. The Morgan fingerprint density at radius 3 is 2.75 bits per heavy atom. The first-order valence-electron chi connectivity index (χ1n) is 5.90. The number of aryl methyl sites for hydroxylation is 1. The molecule has 1 spiro atoms. The van der Waals surface area contributed by atoms with Gasteiger partial charge in [-0.1, -0.05) is 15.9 Å². The van der Waals surface area contributed by atoms with E-state index in [1.165, 1.54) is 48.3 Å². The largest absolute Gasteiger partial charge is 0.371 e. The van der Waals surface area contributed by atoms with Crippen LogP contribution in [0.2, 0.25) is 0 Å². The second-order valence-electron chi connectivity index (χ2n) is 5.21. The van der Waals surface area contributed by atoms with Gasteiger partial charge in [0.2, 0.25) is 0 Å². The van der Waals surface area contributed by atoms with E-state index in [2.05, 4.69) is 51.3 Å². The van der Waals surface area contributed by atoms with Gasteiger partial charge in [0.1, 0.15) is 0 Å². The second-order valence-corrected chi connectivity index (χ2v) is 6.06. The van der Waals surface area contributed by atoms with Gasteiger partial charge in [-0.3, -0.25) is 0 Å². The molecular formula is C13H17BrN2. The first-order chi connectivity index (χ1) is 7.69. The molecule has 2 aliphatic heterocycles. The normalized spacial score (nSPS) is 22.5. The van der Waals surface area contributed by atoms with Crippen molar-refractivity contribution in [3.8, 4) is 0 Å². The summed E-state index contributed by atoms with van der Waals surface area (Å²) in [6.45, 7) is 7.01. The fourth-order valence-electron chi connectivity index (χ4n) is 2.75. The zero-order valence-corrected chi connectivity index (χ0v) is 11.2. The predicted molar refractivity (Wildman–Crippen MR) is 71.0 cm³/mol. The SMILES string of the molecule is Cc1cc(N2CCC3(CNC3)C2)ccc1Br. The van der Waals surface area contributed by atoms with E-state index < -0.39 is 0 Å². The number of hydrogen-bond donors (Lipinski definition) is 1. The monoisotopic (exact) mass is 280 g/mol. The highest BCUT2D eigenvalue weighted by atomic mass is 79.9. The quantitative estimate of drug-likeness (QED) is 0.851. The Kier molecular flexibility index (Phi) is 2.48. The van der Waals surface area contributed by atoms with E-state index in [0.717, 1.165) is 0 Å². The molecule has 1 N–H and O–H groups in total. The van der Waals surface area contributed by atoms with Crippen LogP contribution < -0.4 is 10.2 Å². The molecule has 0 radical (unpaired) electrons. The van der Waals surface area contributed by atoms with Crippen LogP contribution in [0.4, 0.5) is 5.69 Å². The van der Waals surface area contributed by atoms with E-state index in [-0.39, 0.29) is 0 Å². The van der Waals surface area contributed by atoms with Crippen molar-refractivity contribution in [3.05, 3.63) is 28.2 Å². The van der Waals surface area contributed by atoms with Crippen LogP contribution in [0.25, 0.3) is 0 Å². The van der Waals surface area contributed by atoms with Crippen LogP contribution in [0.3, 0.4) is 0 Å². The van der Waals surface area contributed by atoms with Gasteiger partial charge >= 0.3 is 0 Å². The Morgan fingerprint density at radius 2 is 2.19 bits per heavy atom. The van der Waals surface area contributed by atoms with Crippen LogP contribution in [0.1, 0.15) is 12.0 Å². The number of nitrogens with one attached hydrogen (secondary N) is 1. The lowest BCUT2D eigenvalue weighted by Gasteiger charge is -2.39. The summed E-state index contributed by atoms with van der Waals surface area (Å²) in [7, 11) is 0. The molecule has 86 valence electrons. The highest BCUT2D eigenvalue weighted by Gasteiger charge is 2.42. The summed E-state index contributed by atoms with van der Waals surface area (Å²) in [6, 6.07) is 6.67. The zero-order chi connectivity index (χ0) is 11.2. The zero-order valence-electron chi connectivity index (χ0n) is 9.59. The highest BCUT2D eigenvalue weighted by Crippen LogP contribution is 2.37. The molecule has 3 rings (SSSR count). The van der Waals surface area contributed by atoms with Gasteiger partial charge in [0, 0.05) is 41.8 Å². The number of halogens is 1. The van der Waals surface area contributed by atoms with Crippen LogP contribution in [-0.2, 0) is 0 Å². The van der Waals surface area contributed by atoms with Gasteiger partial charge in [0.15, 0.2) is 0 Å². The maximum atomic E-state index is 3.56. The summed E-state index contributed by atoms with van der Waals surface area (Å²) < 4.78 is 1.20. The van der Waals surface area contributed by atoms with Crippen molar-refractivity contribution in [2.75, 3.05) is 31.1 Å². The fraction of sp³-hybridized carbons (Fsp3) is 0.538. The third-order valence-corrected chi connectivity index (χ3v) is 4.83. The Morgan fingerprint density at radius 1 is 1.38 bits per heavy atom. The minimum atomic E-state index is 0.584. The minimum Gasteiger partial charge on any atom is -0.371 e. The van der Waals surface area contributed by atoms with Gasteiger partial charge in [-0.05, 0) is 37.1 Å². The second kappa shape index (κ2) is 3.74. The molecule has 2 saturated heterocycles. The Balaban J connectivity index is 1.80. The third-order valence-electron chi connectivity index (χ3n) is 3.94. The summed E-state index contributed by atoms with van der Waals surface area (Å²) in [4.78, 5) is 2.53. The van der Waals surface area contributed by atoms with Crippen molar-refractivity contribution in [2.24, 2.45) is 5.41 Å². The first-order valence-corrected chi connectivity index (χ1v) is 6.70. The molecule has 2 fully saturated rings. The van der Waals surface area contributed by atoms with Crippen LogP contribution in [0.5, 0.6) is 0 Å². The number of nitrogens with zero attached hydrogens (tertiary/aromatic N) is 1. The summed E-state index contributed by atoms with van der Waals surface area (Å²) in [5.41, 5.74) is 3.29. The minimum absolute atomic E-state index is 0.584. The van der Waals surface area contributed by atoms with Crippen molar-refractivity contribution in [3.63, 3.8) is 0 Å². The summed E-state index contributed by atoms with van der Waals surface area (Å²) >= 11 is 3.56. The average molecular weight is 281 g/mol. The van der Waals surface area contributed by atoms with Gasteiger partial charge in [-0.15, -0.1) is 0 Å². The number of hydrogen-bond acceptors (Lipinski definition) is 2. The molecular weight excluding hydrogens is 264 g/mol. The van der Waals surface area contributed by atoms with E-state index in [4.69, 9.17) is 0 Å². The van der Waals surface area contributed by atoms with Crippen molar-refractivity contribution >= 4 is 21.6 Å². The van der Waals surface area contributed by atoms with Gasteiger partial charge in [-0.2, -0.15) is 0 Å². The molecule has 1 aromatic carbocycles. The lowest BCUT2D eigenvalue weighted by molar-refractivity contribution is 0.200. The molecule has 0 aromatic heterocycles. The van der Waals surface area contributed by atoms with E-state index in [9.17, 15) is 0 Å². The van der Waals surface area contributed by atoms with E-state index in [0.29, 0.717) is 5.41 Å². The molecule has 0 bridgehead atoms. The standard InChI is InChI=1S/C13H17BrN2/c1-10-6-11(2-3-12(10)14)16-5-4-13(9-16)7-15-8-13/h2-3,6,15H,4-5,7-9H2,1H3. The van der Waals surface area contributed by atoms with E-state index in [1.807, 2.05) is 0 Å². The number of rotatable bonds is 1. The van der Waals surface area contributed by atoms with Gasteiger partial charge < -0.3 is 10.2 Å². The van der Waals surface area contributed by atoms with Gasteiger partial charge in [0.25, 0.3) is 0 Å². The average Bonchev–Trinajstić information content (AvgIpc) is 2.66. The maximum Gasteiger partial charge on any atom is 0.0369 e. The topological polar surface area (TPSA) is 15.3 Å². The molecule has 2 nitrogen and oxygen atoms in total. The molecule has 2 aliphatic rings. The lowest BCUT2D eigenvalue weighted by Crippen LogP contribution is -2.54. The molecule has 0 unspecified atom stereocenters. The predicted octanol–water partition coefficient (Wildman–Crippen LogP) is 2.56. The van der Waals surface area contributed by atoms with E-state index in [1.54, 1.807) is 0 Å². The molecule has 2 heterocycles. The molecule has 0 saturated carbocycles. The van der Waals surface area contributed by atoms with Crippen molar-refractivity contribution < 1.29 is 0 Å². The Hall–Kier alpha value is -0.540. The van der Waals surface area contributed by atoms with Gasteiger partial charge in [-0.25, -0.2) is 0 Å². The van der Waals surface area contributed by atoms with Gasteiger partial charge in [0.05, 0.1) is 0 Å². The summed E-state index contributed by atoms with van der Waals surface area (Å²) in [6.07, 6.45) is 1.34. The fourth-order valence-corrected chi connectivity index (χ4v) is 2.99. The first kappa shape index (κ1) is 10.6. The smallest absolute Gasteiger partial charge is 0.0369 e. The number of benzene rings is 1. The van der Waals surface area contributed by atoms with Crippen LogP contribution in [0.15, 0.2) is 22.7 Å². The molecule has 0 amide bonds. The maximum absolute atomic E-state index is 3.56. The molecule has 1 aromatic rings. The molecule has 0 aliphatic carbocycles. The molecule has 0 atom stereocenters. The summed E-state index contributed by atoms with van der Waals surface area (Å²) in [5.74, 6) is 0. The van der Waals surface area contributed by atoms with Crippen molar-refractivity contribution in [1.82, 2.24) is 5.32 Å². The van der Waals surface area contributed by atoms with Crippen molar-refractivity contribution in [1.29, 1.82) is 0 Å².